The molecule has 0 atom stereocenters. The summed E-state index contributed by atoms with van der Waals surface area (Å²) in [4.78, 5) is 35.0. The number of nitrogens with zero attached hydrogens (tertiary/aromatic N) is 3. The van der Waals surface area contributed by atoms with Crippen molar-refractivity contribution in [1.82, 2.24) is 15.2 Å². The molecule has 0 saturated heterocycles. The second-order valence-corrected chi connectivity index (χ2v) is 12.1. The lowest BCUT2D eigenvalue weighted by Crippen LogP contribution is -2.33. The Morgan fingerprint density at radius 1 is 1.10 bits per heavy atom. The lowest BCUT2D eigenvalue weighted by Gasteiger charge is -2.23. The highest BCUT2D eigenvalue weighted by Gasteiger charge is 2.31. The first kappa shape index (κ1) is 26.6. The van der Waals surface area contributed by atoms with Crippen molar-refractivity contribution in [3.63, 3.8) is 0 Å². The maximum absolute atomic E-state index is 14.4. The summed E-state index contributed by atoms with van der Waals surface area (Å²) in [5, 5.41) is 10.5. The Kier molecular flexibility index (Phi) is 6.63. The molecule has 1 fully saturated rings. The molecule has 42 heavy (non-hydrogen) atoms. The van der Waals surface area contributed by atoms with Crippen LogP contribution in [-0.4, -0.2) is 33.5 Å². The highest BCUT2D eigenvalue weighted by atomic mass is 35.5. The van der Waals surface area contributed by atoms with Crippen LogP contribution >= 0.6 is 22.9 Å². The van der Waals surface area contributed by atoms with Crippen LogP contribution in [0.5, 0.6) is 0 Å². The predicted molar refractivity (Wildman–Crippen MR) is 163 cm³/mol. The Morgan fingerprint density at radius 3 is 2.74 bits per heavy atom. The number of nitrogens with one attached hydrogen (secondary N) is 2. The van der Waals surface area contributed by atoms with Crippen molar-refractivity contribution < 1.29 is 14.0 Å². The van der Waals surface area contributed by atoms with Crippen molar-refractivity contribution in [2.75, 3.05) is 16.8 Å². The number of hydrogen-bond acceptors (Lipinski definition) is 5. The SMILES string of the molecule is Cc1cccc(F)c1NC(=O)c1cc2c(s1)-c1ccc(Cl)cc1N(C(=O)c1cccc(-c3cn[nH]c3C3CC3)n1)CC2. The number of hydrogen-bond donors (Lipinski definition) is 2. The third-order valence-corrected chi connectivity index (χ3v) is 9.18. The number of fused-ring (bicyclic) bond motifs is 3. The summed E-state index contributed by atoms with van der Waals surface area (Å²) in [6, 6.07) is 17.4. The first-order chi connectivity index (χ1) is 20.4. The van der Waals surface area contributed by atoms with Crippen LogP contribution in [0.3, 0.4) is 0 Å². The zero-order valence-electron chi connectivity index (χ0n) is 22.6. The molecule has 10 heteroatoms. The van der Waals surface area contributed by atoms with Crippen LogP contribution in [0, 0.1) is 12.7 Å². The Hall–Kier alpha value is -4.34. The van der Waals surface area contributed by atoms with Crippen molar-refractivity contribution in [3.8, 4) is 21.7 Å². The van der Waals surface area contributed by atoms with Crippen molar-refractivity contribution in [2.24, 2.45) is 0 Å². The van der Waals surface area contributed by atoms with E-state index in [2.05, 4.69) is 15.5 Å². The van der Waals surface area contributed by atoms with Gasteiger partial charge in [0.2, 0.25) is 0 Å². The third kappa shape index (κ3) is 4.78. The van der Waals surface area contributed by atoms with E-state index in [0.29, 0.717) is 51.4 Å². The zero-order valence-corrected chi connectivity index (χ0v) is 24.2. The summed E-state index contributed by atoms with van der Waals surface area (Å²) in [6.45, 7) is 2.12. The van der Waals surface area contributed by atoms with E-state index in [4.69, 9.17) is 16.6 Å². The van der Waals surface area contributed by atoms with Crippen LogP contribution in [0.1, 0.15) is 55.7 Å². The number of halogens is 2. The number of aromatic nitrogens is 3. The highest BCUT2D eigenvalue weighted by Crippen LogP contribution is 2.44. The molecule has 0 unspecified atom stereocenters. The molecule has 4 heterocycles. The number of anilines is 2. The van der Waals surface area contributed by atoms with E-state index in [1.54, 1.807) is 48.4 Å². The van der Waals surface area contributed by atoms with Gasteiger partial charge in [-0.25, -0.2) is 9.37 Å². The molecule has 5 aromatic rings. The molecule has 2 aliphatic rings. The Labute approximate surface area is 250 Å². The summed E-state index contributed by atoms with van der Waals surface area (Å²) in [5.41, 5.74) is 6.22. The number of para-hydroxylation sites is 1. The summed E-state index contributed by atoms with van der Waals surface area (Å²) >= 11 is 7.75. The quantitative estimate of drug-likeness (QED) is 0.218. The van der Waals surface area contributed by atoms with Gasteiger partial charge in [0.25, 0.3) is 11.8 Å². The molecule has 2 aromatic carbocycles. The predicted octanol–water partition coefficient (Wildman–Crippen LogP) is 7.63. The first-order valence-electron chi connectivity index (χ1n) is 13.7. The van der Waals surface area contributed by atoms with E-state index >= 15 is 0 Å². The average molecular weight is 598 g/mol. The molecule has 2 amide bonds. The fourth-order valence-corrected chi connectivity index (χ4v) is 6.73. The average Bonchev–Trinajstić information content (AvgIpc) is 3.59. The van der Waals surface area contributed by atoms with Gasteiger partial charge in [0.05, 0.1) is 28.1 Å². The van der Waals surface area contributed by atoms with Crippen molar-refractivity contribution in [1.29, 1.82) is 0 Å². The molecular formula is C32H25ClFN5O2S. The standard InChI is InChI=1S/C32H25ClFN5O2S/c1-17-4-2-5-23(34)28(17)37-31(40)27-14-19-12-13-39(26-15-20(33)10-11-21(26)30(19)42-27)32(41)25-7-3-6-24(36-25)22-16-35-38-29(22)18-8-9-18/h2-7,10-11,14-16,18H,8-9,12-13H2,1H3,(H,35,38)(H,37,40). The van der Waals surface area contributed by atoms with Gasteiger partial charge in [-0.1, -0.05) is 29.8 Å². The number of rotatable bonds is 5. The summed E-state index contributed by atoms with van der Waals surface area (Å²) in [6.07, 6.45) is 4.53. The van der Waals surface area contributed by atoms with E-state index < -0.39 is 5.82 Å². The molecule has 2 N–H and O–H groups in total. The summed E-state index contributed by atoms with van der Waals surface area (Å²) in [5.74, 6) is -0.634. The number of thiophene rings is 1. The van der Waals surface area contributed by atoms with E-state index in [-0.39, 0.29) is 17.5 Å². The summed E-state index contributed by atoms with van der Waals surface area (Å²) < 4.78 is 14.4. The molecule has 0 bridgehead atoms. The maximum atomic E-state index is 14.4. The molecule has 0 radical (unpaired) electrons. The topological polar surface area (TPSA) is 91.0 Å². The smallest absolute Gasteiger partial charge is 0.276 e. The van der Waals surface area contributed by atoms with Crippen molar-refractivity contribution in [2.45, 2.75) is 32.1 Å². The van der Waals surface area contributed by atoms with E-state index in [1.165, 1.54) is 17.4 Å². The molecule has 3 aromatic heterocycles. The number of aromatic amines is 1. The minimum absolute atomic E-state index is 0.171. The van der Waals surface area contributed by atoms with Crippen LogP contribution in [0.25, 0.3) is 21.7 Å². The zero-order chi connectivity index (χ0) is 29.0. The van der Waals surface area contributed by atoms with Gasteiger partial charge in [0.1, 0.15) is 11.5 Å². The molecule has 0 spiro atoms. The van der Waals surface area contributed by atoms with Gasteiger partial charge in [-0.2, -0.15) is 5.10 Å². The van der Waals surface area contributed by atoms with Crippen LogP contribution in [0.2, 0.25) is 5.02 Å². The van der Waals surface area contributed by atoms with Crippen LogP contribution in [0.4, 0.5) is 15.8 Å². The van der Waals surface area contributed by atoms with Crippen molar-refractivity contribution >= 4 is 46.1 Å². The minimum atomic E-state index is -0.482. The van der Waals surface area contributed by atoms with Crippen LogP contribution in [0.15, 0.2) is 66.9 Å². The fourth-order valence-electron chi connectivity index (χ4n) is 5.43. The van der Waals surface area contributed by atoms with Gasteiger partial charge in [-0.15, -0.1) is 11.3 Å². The van der Waals surface area contributed by atoms with Gasteiger partial charge in [-0.05, 0) is 79.8 Å². The van der Waals surface area contributed by atoms with Gasteiger partial charge < -0.3 is 10.2 Å². The number of pyridine rings is 1. The second-order valence-electron chi connectivity index (χ2n) is 10.6. The van der Waals surface area contributed by atoms with Crippen LogP contribution < -0.4 is 10.2 Å². The monoisotopic (exact) mass is 597 g/mol. The van der Waals surface area contributed by atoms with Gasteiger partial charge in [0.15, 0.2) is 0 Å². The molecule has 7 rings (SSSR count). The van der Waals surface area contributed by atoms with Gasteiger partial charge >= 0.3 is 0 Å². The second kappa shape index (κ2) is 10.5. The number of benzene rings is 2. The Balaban J connectivity index is 1.21. The molecule has 1 aliphatic carbocycles. The lowest BCUT2D eigenvalue weighted by molar-refractivity contribution is 0.0981. The van der Waals surface area contributed by atoms with Crippen molar-refractivity contribution in [3.05, 3.63) is 105 Å². The largest absolute Gasteiger partial charge is 0.319 e. The summed E-state index contributed by atoms with van der Waals surface area (Å²) in [7, 11) is 0. The molecule has 7 nitrogen and oxygen atoms in total. The lowest BCUT2D eigenvalue weighted by atomic mass is 10.1. The third-order valence-electron chi connectivity index (χ3n) is 7.74. The van der Waals surface area contributed by atoms with Gasteiger partial charge in [-0.3, -0.25) is 14.7 Å². The number of carbonyl (C=O) groups excluding carboxylic acids is 2. The Bertz CT molecular complexity index is 1860. The normalized spacial score (nSPS) is 14.2. The first-order valence-corrected chi connectivity index (χ1v) is 14.9. The highest BCUT2D eigenvalue weighted by molar-refractivity contribution is 7.17. The molecule has 1 saturated carbocycles. The maximum Gasteiger partial charge on any atom is 0.276 e. The van der Waals surface area contributed by atoms with Crippen LogP contribution in [-0.2, 0) is 6.42 Å². The van der Waals surface area contributed by atoms with E-state index in [9.17, 15) is 14.0 Å². The minimum Gasteiger partial charge on any atom is -0.319 e. The molecule has 210 valence electrons. The number of amides is 2. The molecule has 1 aliphatic heterocycles. The fraction of sp³-hybridized carbons (Fsp3) is 0.188. The van der Waals surface area contributed by atoms with Gasteiger partial charge in [0, 0.05) is 39.2 Å². The van der Waals surface area contributed by atoms with E-state index in [1.807, 2.05) is 24.3 Å². The number of aryl methyl sites for hydroxylation is 1. The number of carbonyl (C=O) groups is 2. The van der Waals surface area contributed by atoms with E-state index in [0.717, 1.165) is 40.1 Å². The number of H-pyrrole nitrogens is 1. The molecular weight excluding hydrogens is 573 g/mol. The Morgan fingerprint density at radius 2 is 1.93 bits per heavy atom.